The van der Waals surface area contributed by atoms with Crippen LogP contribution in [0.2, 0.25) is 10.0 Å². The number of rotatable bonds is 4. The van der Waals surface area contributed by atoms with Gasteiger partial charge in [-0.1, -0.05) is 23.2 Å². The summed E-state index contributed by atoms with van der Waals surface area (Å²) in [6.07, 6.45) is -3.48. The predicted molar refractivity (Wildman–Crippen MR) is 99.2 cm³/mol. The minimum atomic E-state index is -4.40. The van der Waals surface area contributed by atoms with Gasteiger partial charge >= 0.3 is 6.18 Å². The lowest BCUT2D eigenvalue weighted by molar-refractivity contribution is -0.137. The van der Waals surface area contributed by atoms with Crippen molar-refractivity contribution in [2.75, 3.05) is 0 Å². The van der Waals surface area contributed by atoms with E-state index in [1.165, 1.54) is 6.07 Å². The molecule has 0 aromatic heterocycles. The molecule has 0 N–H and O–H groups in total. The molecule has 0 spiro atoms. The summed E-state index contributed by atoms with van der Waals surface area (Å²) in [4.78, 5) is 15.5. The monoisotopic (exact) mass is 401 g/mol. The molecule has 0 saturated carbocycles. The van der Waals surface area contributed by atoms with E-state index in [0.29, 0.717) is 45.0 Å². The molecule has 0 radical (unpaired) electrons. The summed E-state index contributed by atoms with van der Waals surface area (Å²) in [5.41, 5.74) is 2.12. The van der Waals surface area contributed by atoms with Crippen LogP contribution in [0.1, 0.15) is 39.5 Å². The average molecular weight is 402 g/mol. The van der Waals surface area contributed by atoms with Crippen LogP contribution in [-0.2, 0) is 12.6 Å². The Labute approximate surface area is 159 Å². The normalized spacial score (nSPS) is 12.4. The smallest absolute Gasteiger partial charge is 0.298 e. The van der Waals surface area contributed by atoms with Gasteiger partial charge in [-0.2, -0.15) is 13.2 Å². The van der Waals surface area contributed by atoms with Crippen molar-refractivity contribution >= 4 is 40.9 Å². The molecule has 138 valence electrons. The molecule has 0 aliphatic carbocycles. The molecule has 0 bridgehead atoms. The van der Waals surface area contributed by atoms with Gasteiger partial charge in [0.15, 0.2) is 6.29 Å². The Kier molecular flexibility index (Phi) is 6.14. The Bertz CT molecular complexity index is 866. The lowest BCUT2D eigenvalue weighted by Gasteiger charge is -2.13. The fourth-order valence-corrected chi connectivity index (χ4v) is 3.20. The van der Waals surface area contributed by atoms with Gasteiger partial charge < -0.3 is 0 Å². The first-order valence-corrected chi connectivity index (χ1v) is 8.44. The largest absolute Gasteiger partial charge is 0.416 e. The molecular weight excluding hydrogens is 386 g/mol. The number of aldehydes is 1. The highest BCUT2D eigenvalue weighted by Gasteiger charge is 2.31. The average Bonchev–Trinajstić information content (AvgIpc) is 2.54. The van der Waals surface area contributed by atoms with Gasteiger partial charge in [0.1, 0.15) is 0 Å². The number of aliphatic imine (C=N–C) groups is 1. The van der Waals surface area contributed by atoms with E-state index in [0.717, 1.165) is 12.1 Å². The van der Waals surface area contributed by atoms with Crippen LogP contribution in [0, 0.1) is 13.8 Å². The number of hydrogen-bond acceptors (Lipinski definition) is 2. The zero-order valence-corrected chi connectivity index (χ0v) is 15.9. The number of carbonyl (C=O) groups is 1. The van der Waals surface area contributed by atoms with Gasteiger partial charge in [-0.3, -0.25) is 9.79 Å². The standard InChI is InChI=1S/C19H16Cl2F3NO/c1-10-6-14(19(22,23)24)7-11(2)18(10)25-12(3)8-15-16(20)5-4-13(9-26)17(15)21/h4-7,9H,8H2,1-3H3. The SMILES string of the molecule is CC(Cc1c(Cl)ccc(C=O)c1Cl)=Nc1c(C)cc(C(F)(F)F)cc1C. The van der Waals surface area contributed by atoms with E-state index >= 15 is 0 Å². The minimum absolute atomic E-state index is 0.253. The van der Waals surface area contributed by atoms with Gasteiger partial charge in [-0.05, 0) is 61.7 Å². The highest BCUT2D eigenvalue weighted by atomic mass is 35.5. The van der Waals surface area contributed by atoms with Gasteiger partial charge in [-0.25, -0.2) is 0 Å². The van der Waals surface area contributed by atoms with Crippen molar-refractivity contribution in [2.45, 2.75) is 33.4 Å². The molecule has 2 rings (SSSR count). The number of nitrogens with zero attached hydrogens (tertiary/aromatic N) is 1. The number of alkyl halides is 3. The van der Waals surface area contributed by atoms with Crippen LogP contribution >= 0.6 is 23.2 Å². The van der Waals surface area contributed by atoms with Crippen molar-refractivity contribution in [2.24, 2.45) is 4.99 Å². The third-order valence-electron chi connectivity index (χ3n) is 3.90. The molecule has 0 amide bonds. The maximum atomic E-state index is 12.9. The number of hydrogen-bond donors (Lipinski definition) is 0. The number of aryl methyl sites for hydroxylation is 2. The Morgan fingerprint density at radius 2 is 1.73 bits per heavy atom. The Balaban J connectivity index is 2.42. The zero-order valence-electron chi connectivity index (χ0n) is 14.3. The summed E-state index contributed by atoms with van der Waals surface area (Å²) in [5, 5.41) is 0.652. The summed E-state index contributed by atoms with van der Waals surface area (Å²) in [6.45, 7) is 4.90. The van der Waals surface area contributed by atoms with E-state index in [1.54, 1.807) is 26.8 Å². The molecule has 0 aliphatic heterocycles. The molecule has 0 unspecified atom stereocenters. The molecule has 2 nitrogen and oxygen atoms in total. The first-order chi connectivity index (χ1) is 12.0. The Morgan fingerprint density at radius 1 is 1.15 bits per heavy atom. The van der Waals surface area contributed by atoms with Crippen molar-refractivity contribution < 1.29 is 18.0 Å². The molecular formula is C19H16Cl2F3NO. The summed E-state index contributed by atoms with van der Waals surface area (Å²) < 4.78 is 38.7. The quantitative estimate of drug-likeness (QED) is 0.410. The van der Waals surface area contributed by atoms with Gasteiger partial charge in [0, 0.05) is 22.7 Å². The van der Waals surface area contributed by atoms with E-state index in [9.17, 15) is 18.0 Å². The summed E-state index contributed by atoms with van der Waals surface area (Å²) in [6, 6.07) is 5.25. The van der Waals surface area contributed by atoms with Crippen molar-refractivity contribution in [3.05, 3.63) is 62.1 Å². The molecule has 2 aromatic carbocycles. The molecule has 2 aromatic rings. The first kappa shape index (κ1) is 20.5. The first-order valence-electron chi connectivity index (χ1n) is 7.69. The van der Waals surface area contributed by atoms with Crippen LogP contribution in [0.3, 0.4) is 0 Å². The van der Waals surface area contributed by atoms with Crippen LogP contribution < -0.4 is 0 Å². The van der Waals surface area contributed by atoms with Crippen LogP contribution in [-0.4, -0.2) is 12.0 Å². The second kappa shape index (κ2) is 7.80. The molecule has 0 aliphatic rings. The molecule has 0 heterocycles. The predicted octanol–water partition coefficient (Wildman–Crippen LogP) is 6.78. The molecule has 7 heteroatoms. The van der Waals surface area contributed by atoms with Gasteiger partial charge in [0.25, 0.3) is 0 Å². The second-order valence-corrected chi connectivity index (χ2v) is 6.81. The van der Waals surface area contributed by atoms with E-state index in [4.69, 9.17) is 23.2 Å². The van der Waals surface area contributed by atoms with Crippen molar-refractivity contribution in [1.29, 1.82) is 0 Å². The summed E-state index contributed by atoms with van der Waals surface area (Å²) in [7, 11) is 0. The fraction of sp³-hybridized carbons (Fsp3) is 0.263. The van der Waals surface area contributed by atoms with Gasteiger partial charge in [-0.15, -0.1) is 0 Å². The van der Waals surface area contributed by atoms with Gasteiger partial charge in [0.2, 0.25) is 0 Å². The number of halogens is 5. The maximum absolute atomic E-state index is 12.9. The van der Waals surface area contributed by atoms with Crippen molar-refractivity contribution in [3.63, 3.8) is 0 Å². The lowest BCUT2D eigenvalue weighted by Crippen LogP contribution is -2.06. The van der Waals surface area contributed by atoms with E-state index in [1.807, 2.05) is 0 Å². The van der Waals surface area contributed by atoms with E-state index in [2.05, 4.69) is 4.99 Å². The maximum Gasteiger partial charge on any atom is 0.416 e. The third-order valence-corrected chi connectivity index (χ3v) is 4.70. The zero-order chi connectivity index (χ0) is 19.6. The Morgan fingerprint density at radius 3 is 2.23 bits per heavy atom. The Hall–Kier alpha value is -1.85. The number of carbonyl (C=O) groups excluding carboxylic acids is 1. The summed E-state index contributed by atoms with van der Waals surface area (Å²) in [5.74, 6) is 0. The van der Waals surface area contributed by atoms with E-state index in [-0.39, 0.29) is 11.4 Å². The van der Waals surface area contributed by atoms with Crippen LogP contribution in [0.25, 0.3) is 0 Å². The fourth-order valence-electron chi connectivity index (χ4n) is 2.65. The lowest BCUT2D eigenvalue weighted by atomic mass is 10.0. The highest BCUT2D eigenvalue weighted by molar-refractivity contribution is 6.37. The molecule has 26 heavy (non-hydrogen) atoms. The van der Waals surface area contributed by atoms with Crippen LogP contribution in [0.5, 0.6) is 0 Å². The third kappa shape index (κ3) is 4.46. The number of benzene rings is 2. The second-order valence-electron chi connectivity index (χ2n) is 6.03. The minimum Gasteiger partial charge on any atom is -0.298 e. The van der Waals surface area contributed by atoms with E-state index < -0.39 is 11.7 Å². The topological polar surface area (TPSA) is 29.4 Å². The molecule has 0 fully saturated rings. The van der Waals surface area contributed by atoms with Gasteiger partial charge in [0.05, 0.1) is 16.3 Å². The van der Waals surface area contributed by atoms with Crippen LogP contribution in [0.4, 0.5) is 18.9 Å². The molecule has 0 atom stereocenters. The summed E-state index contributed by atoms with van der Waals surface area (Å²) >= 11 is 12.4. The van der Waals surface area contributed by atoms with Crippen molar-refractivity contribution in [3.8, 4) is 0 Å². The molecule has 0 saturated heterocycles. The highest BCUT2D eigenvalue weighted by Crippen LogP contribution is 2.35. The van der Waals surface area contributed by atoms with Crippen molar-refractivity contribution in [1.82, 2.24) is 0 Å². The van der Waals surface area contributed by atoms with Crippen LogP contribution in [0.15, 0.2) is 29.3 Å².